The van der Waals surface area contributed by atoms with E-state index in [9.17, 15) is 4.79 Å². The zero-order chi connectivity index (χ0) is 17.1. The SMILES string of the molecule is O=C(NCc1cncc(-c2cccs2)c1)c1ccc2ccccc2n1. The van der Waals surface area contributed by atoms with E-state index in [0.29, 0.717) is 12.2 Å². The molecule has 25 heavy (non-hydrogen) atoms. The lowest BCUT2D eigenvalue weighted by Gasteiger charge is -2.07. The van der Waals surface area contributed by atoms with E-state index in [1.54, 1.807) is 23.6 Å². The van der Waals surface area contributed by atoms with E-state index in [1.165, 1.54) is 0 Å². The number of benzene rings is 1. The number of rotatable bonds is 4. The quantitative estimate of drug-likeness (QED) is 0.600. The fourth-order valence-electron chi connectivity index (χ4n) is 2.63. The second-order valence-electron chi connectivity index (χ2n) is 5.63. The number of thiophene rings is 1. The van der Waals surface area contributed by atoms with Gasteiger partial charge in [-0.2, -0.15) is 0 Å². The molecule has 0 aliphatic carbocycles. The van der Waals surface area contributed by atoms with Crippen LogP contribution in [0.15, 0.2) is 72.4 Å². The van der Waals surface area contributed by atoms with E-state index in [4.69, 9.17) is 0 Å². The minimum atomic E-state index is -0.188. The van der Waals surface area contributed by atoms with Gasteiger partial charge in [0.25, 0.3) is 5.91 Å². The third-order valence-corrected chi connectivity index (χ3v) is 4.80. The van der Waals surface area contributed by atoms with Gasteiger partial charge in [-0.25, -0.2) is 4.98 Å². The second-order valence-corrected chi connectivity index (χ2v) is 6.58. The van der Waals surface area contributed by atoms with Crippen molar-refractivity contribution in [3.8, 4) is 10.4 Å². The lowest BCUT2D eigenvalue weighted by Crippen LogP contribution is -2.23. The fourth-order valence-corrected chi connectivity index (χ4v) is 3.34. The summed E-state index contributed by atoms with van der Waals surface area (Å²) in [6.07, 6.45) is 3.60. The van der Waals surface area contributed by atoms with Crippen molar-refractivity contribution >= 4 is 28.1 Å². The average Bonchev–Trinajstić information content (AvgIpc) is 3.21. The van der Waals surface area contributed by atoms with Crippen molar-refractivity contribution in [1.82, 2.24) is 15.3 Å². The van der Waals surface area contributed by atoms with E-state index in [1.807, 2.05) is 54.0 Å². The normalized spacial score (nSPS) is 10.7. The minimum Gasteiger partial charge on any atom is -0.347 e. The van der Waals surface area contributed by atoms with Crippen molar-refractivity contribution in [1.29, 1.82) is 0 Å². The molecule has 0 saturated heterocycles. The van der Waals surface area contributed by atoms with E-state index >= 15 is 0 Å². The average molecular weight is 345 g/mol. The van der Waals surface area contributed by atoms with Crippen LogP contribution in [0.3, 0.4) is 0 Å². The van der Waals surface area contributed by atoms with Crippen LogP contribution in [-0.2, 0) is 6.54 Å². The molecular weight excluding hydrogens is 330 g/mol. The monoisotopic (exact) mass is 345 g/mol. The standard InChI is InChI=1S/C20H15N3OS/c24-20(18-8-7-15-4-1-2-5-17(15)23-18)22-12-14-10-16(13-21-11-14)19-6-3-9-25-19/h1-11,13H,12H2,(H,22,24). The number of hydrogen-bond donors (Lipinski definition) is 1. The number of carbonyl (C=O) groups excluding carboxylic acids is 1. The first-order valence-corrected chi connectivity index (χ1v) is 8.79. The van der Waals surface area contributed by atoms with Gasteiger partial charge in [-0.15, -0.1) is 11.3 Å². The molecule has 0 aliphatic rings. The Bertz CT molecular complexity index is 1030. The third-order valence-electron chi connectivity index (χ3n) is 3.88. The molecule has 0 saturated carbocycles. The molecule has 0 spiro atoms. The lowest BCUT2D eigenvalue weighted by atomic mass is 10.1. The molecule has 3 aromatic heterocycles. The molecular formula is C20H15N3OS. The van der Waals surface area contributed by atoms with Crippen molar-refractivity contribution in [3.05, 3.63) is 83.6 Å². The van der Waals surface area contributed by atoms with E-state index < -0.39 is 0 Å². The van der Waals surface area contributed by atoms with Gasteiger partial charge >= 0.3 is 0 Å². The maximum Gasteiger partial charge on any atom is 0.270 e. The number of para-hydroxylation sites is 1. The van der Waals surface area contributed by atoms with Gasteiger partial charge in [0.1, 0.15) is 5.69 Å². The van der Waals surface area contributed by atoms with Gasteiger partial charge in [0.2, 0.25) is 0 Å². The molecule has 0 fully saturated rings. The van der Waals surface area contributed by atoms with Crippen LogP contribution in [0.5, 0.6) is 0 Å². The molecule has 1 aromatic carbocycles. The Hall–Kier alpha value is -3.05. The first kappa shape index (κ1) is 15.5. The van der Waals surface area contributed by atoms with Crippen LogP contribution in [0.4, 0.5) is 0 Å². The Kier molecular flexibility index (Phi) is 4.23. The number of pyridine rings is 2. The minimum absolute atomic E-state index is 0.188. The van der Waals surface area contributed by atoms with Crippen LogP contribution in [0.25, 0.3) is 21.3 Å². The number of hydrogen-bond acceptors (Lipinski definition) is 4. The Labute approximate surface area is 149 Å². The largest absolute Gasteiger partial charge is 0.347 e. The van der Waals surface area contributed by atoms with Crippen molar-refractivity contribution < 1.29 is 4.79 Å². The summed E-state index contributed by atoms with van der Waals surface area (Å²) in [5.74, 6) is -0.188. The molecule has 0 aliphatic heterocycles. The summed E-state index contributed by atoms with van der Waals surface area (Å²) in [7, 11) is 0. The zero-order valence-corrected chi connectivity index (χ0v) is 14.2. The molecule has 4 nitrogen and oxygen atoms in total. The van der Waals surface area contributed by atoms with Crippen LogP contribution < -0.4 is 5.32 Å². The molecule has 1 N–H and O–H groups in total. The Morgan fingerprint density at radius 3 is 2.84 bits per heavy atom. The highest BCUT2D eigenvalue weighted by atomic mass is 32.1. The van der Waals surface area contributed by atoms with Crippen LogP contribution >= 0.6 is 11.3 Å². The highest BCUT2D eigenvalue weighted by molar-refractivity contribution is 7.13. The van der Waals surface area contributed by atoms with E-state index in [0.717, 1.165) is 26.9 Å². The number of fused-ring (bicyclic) bond motifs is 1. The molecule has 4 rings (SSSR count). The fraction of sp³-hybridized carbons (Fsp3) is 0.0500. The summed E-state index contributed by atoms with van der Waals surface area (Å²) in [5, 5.41) is 5.97. The van der Waals surface area contributed by atoms with Crippen molar-refractivity contribution in [3.63, 3.8) is 0 Å². The van der Waals surface area contributed by atoms with Crippen LogP contribution in [0, 0.1) is 0 Å². The molecule has 0 bridgehead atoms. The summed E-state index contributed by atoms with van der Waals surface area (Å²) in [6, 6.07) is 17.5. The highest BCUT2D eigenvalue weighted by Crippen LogP contribution is 2.24. The van der Waals surface area contributed by atoms with Gasteiger partial charge in [0.05, 0.1) is 5.52 Å². The van der Waals surface area contributed by atoms with Gasteiger partial charge in [0, 0.05) is 34.8 Å². The third kappa shape index (κ3) is 3.41. The Balaban J connectivity index is 1.48. The molecule has 5 heteroatoms. The van der Waals surface area contributed by atoms with Gasteiger partial charge in [-0.1, -0.05) is 30.3 Å². The lowest BCUT2D eigenvalue weighted by molar-refractivity contribution is 0.0946. The molecule has 0 atom stereocenters. The first-order chi connectivity index (χ1) is 12.3. The summed E-state index contributed by atoms with van der Waals surface area (Å²) in [4.78, 5) is 22.2. The van der Waals surface area contributed by atoms with Crippen molar-refractivity contribution in [2.75, 3.05) is 0 Å². The smallest absolute Gasteiger partial charge is 0.270 e. The Morgan fingerprint density at radius 2 is 1.96 bits per heavy atom. The van der Waals surface area contributed by atoms with Crippen molar-refractivity contribution in [2.24, 2.45) is 0 Å². The predicted octanol–water partition coefficient (Wildman–Crippen LogP) is 4.29. The maximum atomic E-state index is 12.4. The molecule has 0 radical (unpaired) electrons. The van der Waals surface area contributed by atoms with Crippen LogP contribution in [0.2, 0.25) is 0 Å². The summed E-state index contributed by atoms with van der Waals surface area (Å²) in [5.41, 5.74) is 3.25. The number of aromatic nitrogens is 2. The number of amides is 1. The second kappa shape index (κ2) is 6.83. The van der Waals surface area contributed by atoms with Crippen LogP contribution in [0.1, 0.15) is 16.1 Å². The first-order valence-electron chi connectivity index (χ1n) is 7.91. The summed E-state index contributed by atoms with van der Waals surface area (Å²) < 4.78 is 0. The molecule has 4 aromatic rings. The molecule has 0 unspecified atom stereocenters. The number of nitrogens with one attached hydrogen (secondary N) is 1. The van der Waals surface area contributed by atoms with Crippen molar-refractivity contribution in [2.45, 2.75) is 6.54 Å². The Morgan fingerprint density at radius 1 is 1.04 bits per heavy atom. The summed E-state index contributed by atoms with van der Waals surface area (Å²) >= 11 is 1.67. The molecule has 122 valence electrons. The predicted molar refractivity (Wildman–Crippen MR) is 100 cm³/mol. The van der Waals surface area contributed by atoms with Gasteiger partial charge in [-0.05, 0) is 35.2 Å². The molecule has 1 amide bonds. The van der Waals surface area contributed by atoms with Gasteiger partial charge in [-0.3, -0.25) is 9.78 Å². The maximum absolute atomic E-state index is 12.4. The number of nitrogens with zero attached hydrogens (tertiary/aromatic N) is 2. The number of carbonyl (C=O) groups is 1. The van der Waals surface area contributed by atoms with Crippen LogP contribution in [-0.4, -0.2) is 15.9 Å². The topological polar surface area (TPSA) is 54.9 Å². The van der Waals surface area contributed by atoms with Gasteiger partial charge < -0.3 is 5.32 Å². The van der Waals surface area contributed by atoms with Gasteiger partial charge in [0.15, 0.2) is 0 Å². The van der Waals surface area contributed by atoms with E-state index in [-0.39, 0.29) is 5.91 Å². The highest BCUT2D eigenvalue weighted by Gasteiger charge is 2.08. The molecule has 3 heterocycles. The summed E-state index contributed by atoms with van der Waals surface area (Å²) in [6.45, 7) is 0.416. The zero-order valence-electron chi connectivity index (χ0n) is 13.3. The van der Waals surface area contributed by atoms with E-state index in [2.05, 4.69) is 21.4 Å².